The first kappa shape index (κ1) is 47.8. The Morgan fingerprint density at radius 1 is 0.508 bits per heavy atom. The van der Waals surface area contributed by atoms with Crippen LogP contribution in [0.25, 0.3) is 21.8 Å². The van der Waals surface area contributed by atoms with Gasteiger partial charge in [0.1, 0.15) is 16.8 Å². The van der Waals surface area contributed by atoms with Crippen molar-refractivity contribution in [3.05, 3.63) is 137 Å². The smallest absolute Gasteiger partial charge is 0.224 e. The van der Waals surface area contributed by atoms with E-state index < -0.39 is 0 Å². The Bertz CT molecular complexity index is 2220. The average molecular weight is 876 g/mol. The number of hydrogen-bond acceptors (Lipinski definition) is 12. The molecule has 2 aliphatic rings. The second-order valence-electron chi connectivity index (χ2n) is 16.9. The minimum atomic E-state index is 0.304. The molecule has 1 N–H and O–H groups in total. The highest BCUT2D eigenvalue weighted by molar-refractivity contribution is 6.34. The lowest BCUT2D eigenvalue weighted by atomic mass is 10.2. The second kappa shape index (κ2) is 25.6. The van der Waals surface area contributed by atoms with Crippen molar-refractivity contribution < 1.29 is 9.84 Å². The summed E-state index contributed by atoms with van der Waals surface area (Å²) in [4.78, 5) is 32.9. The molecule has 0 radical (unpaired) electrons. The fraction of sp³-hybridized carbons (Fsp3) is 0.440. The average Bonchev–Trinajstić information content (AvgIpc) is 3.29. The summed E-state index contributed by atoms with van der Waals surface area (Å²) >= 11 is 6.32. The summed E-state index contributed by atoms with van der Waals surface area (Å²) in [7, 11) is 8.15. The first-order valence-corrected chi connectivity index (χ1v) is 22.8. The van der Waals surface area contributed by atoms with E-state index in [1.165, 1.54) is 11.1 Å². The summed E-state index contributed by atoms with van der Waals surface area (Å²) in [5, 5.41) is 10.7. The van der Waals surface area contributed by atoms with Crippen molar-refractivity contribution in [2.75, 3.05) is 107 Å². The zero-order valence-electron chi connectivity index (χ0n) is 37.8. The predicted octanol–water partition coefficient (Wildman–Crippen LogP) is 6.81. The quantitative estimate of drug-likeness (QED) is 0.0818. The molecule has 0 amide bonds. The Morgan fingerprint density at radius 2 is 0.921 bits per heavy atom. The number of ether oxygens (including phenoxy) is 1. The lowest BCUT2D eigenvalue weighted by molar-refractivity contribution is 0.119. The number of piperazine rings is 2. The molecule has 8 rings (SSSR count). The number of rotatable bonds is 16. The van der Waals surface area contributed by atoms with Gasteiger partial charge in [-0.25, -0.2) is 15.0 Å². The van der Waals surface area contributed by atoms with Crippen LogP contribution in [-0.4, -0.2) is 161 Å². The molecule has 2 aromatic heterocycles. The van der Waals surface area contributed by atoms with Gasteiger partial charge < -0.3 is 19.6 Å². The highest BCUT2D eigenvalue weighted by Crippen LogP contribution is 2.24. The van der Waals surface area contributed by atoms with Crippen LogP contribution in [0.1, 0.15) is 35.6 Å². The highest BCUT2D eigenvalue weighted by Gasteiger charge is 2.20. The molecule has 13 heteroatoms. The monoisotopic (exact) mass is 875 g/mol. The first-order valence-electron chi connectivity index (χ1n) is 22.4. The molecule has 4 aromatic carbocycles. The van der Waals surface area contributed by atoms with Gasteiger partial charge in [0.25, 0.3) is 0 Å². The number of aromatic nitrogens is 4. The number of halogens is 1. The number of aliphatic hydroxyl groups is 1. The van der Waals surface area contributed by atoms with Gasteiger partial charge in [-0.1, -0.05) is 96.5 Å². The van der Waals surface area contributed by atoms with Crippen molar-refractivity contribution in [2.45, 2.75) is 39.0 Å². The van der Waals surface area contributed by atoms with Crippen molar-refractivity contribution in [3.63, 3.8) is 0 Å². The Hall–Kier alpha value is -4.63. The van der Waals surface area contributed by atoms with Gasteiger partial charge in [-0.05, 0) is 83.0 Å². The highest BCUT2D eigenvalue weighted by atomic mass is 35.5. The van der Waals surface area contributed by atoms with Gasteiger partial charge in [-0.3, -0.25) is 19.6 Å². The number of benzene rings is 4. The zero-order valence-corrected chi connectivity index (χ0v) is 38.6. The largest absolute Gasteiger partial charge is 0.477 e. The second-order valence-corrected chi connectivity index (χ2v) is 17.2. The van der Waals surface area contributed by atoms with Gasteiger partial charge in [0.2, 0.25) is 5.88 Å². The minimum absolute atomic E-state index is 0.304. The standard InChI is InChI=1S/C25H33N5O.C20H21ClN4.C5H13NO/c1-28(2)13-8-18-31-25-22-11-6-7-12-23(22)26-24(27-25)20-30-16-14-29(15-17-30)19-21-9-4-3-5-10-21;21-20-17-8-4-5-9-18(17)22-19(23-20)15-25-12-10-24(11-13-25)14-16-6-2-1-3-7-16;1-6(2)4-3-5-7/h3-7,9-12H,8,13-20H2,1-2H3;1-9H,10-15H2;7H,3-5H2,1-2H3. The molecule has 0 atom stereocenters. The van der Waals surface area contributed by atoms with Crippen molar-refractivity contribution >= 4 is 33.4 Å². The third-order valence-corrected chi connectivity index (χ3v) is 11.4. The van der Waals surface area contributed by atoms with E-state index in [1.807, 2.05) is 62.6 Å². The molecule has 0 unspecified atom stereocenters. The molecule has 4 heterocycles. The van der Waals surface area contributed by atoms with Crippen LogP contribution < -0.4 is 4.74 Å². The summed E-state index contributed by atoms with van der Waals surface area (Å²) in [6.07, 6.45) is 1.86. The molecule has 2 fully saturated rings. The van der Waals surface area contributed by atoms with Crippen molar-refractivity contribution in [2.24, 2.45) is 0 Å². The van der Waals surface area contributed by atoms with Crippen LogP contribution in [0.4, 0.5) is 0 Å². The summed E-state index contributed by atoms with van der Waals surface area (Å²) in [5.74, 6) is 2.36. The van der Waals surface area contributed by atoms with E-state index in [2.05, 4.69) is 114 Å². The number of nitrogens with zero attached hydrogens (tertiary/aromatic N) is 10. The van der Waals surface area contributed by atoms with Gasteiger partial charge >= 0.3 is 0 Å². The van der Waals surface area contributed by atoms with Gasteiger partial charge in [-0.15, -0.1) is 0 Å². The maximum absolute atomic E-state index is 8.29. The molecule has 63 heavy (non-hydrogen) atoms. The molecule has 6 aromatic rings. The third kappa shape index (κ3) is 16.1. The summed E-state index contributed by atoms with van der Waals surface area (Å²) < 4.78 is 6.08. The lowest BCUT2D eigenvalue weighted by Crippen LogP contribution is -2.45. The summed E-state index contributed by atoms with van der Waals surface area (Å²) in [5.41, 5.74) is 4.63. The number of aliphatic hydroxyl groups excluding tert-OH is 1. The maximum atomic E-state index is 8.29. The van der Waals surface area contributed by atoms with Crippen LogP contribution in [0.2, 0.25) is 5.15 Å². The molecule has 336 valence electrons. The molecule has 2 saturated heterocycles. The molecule has 2 aliphatic heterocycles. The molecular weight excluding hydrogens is 808 g/mol. The van der Waals surface area contributed by atoms with E-state index in [4.69, 9.17) is 31.4 Å². The van der Waals surface area contributed by atoms with Gasteiger partial charge in [0.05, 0.1) is 36.1 Å². The Kier molecular flexibility index (Phi) is 19.4. The summed E-state index contributed by atoms with van der Waals surface area (Å²) in [6, 6.07) is 37.4. The van der Waals surface area contributed by atoms with Crippen LogP contribution in [0, 0.1) is 0 Å². The topological polar surface area (TPSA) is 100 Å². The molecule has 0 aliphatic carbocycles. The van der Waals surface area contributed by atoms with Crippen molar-refractivity contribution in [3.8, 4) is 5.88 Å². The Balaban J connectivity index is 0.000000185. The fourth-order valence-electron chi connectivity index (χ4n) is 7.66. The van der Waals surface area contributed by atoms with E-state index in [9.17, 15) is 0 Å². The van der Waals surface area contributed by atoms with Gasteiger partial charge in [-0.2, -0.15) is 4.98 Å². The van der Waals surface area contributed by atoms with E-state index in [-0.39, 0.29) is 0 Å². The number of para-hydroxylation sites is 2. The predicted molar refractivity (Wildman–Crippen MR) is 257 cm³/mol. The van der Waals surface area contributed by atoms with Crippen LogP contribution in [0.3, 0.4) is 0 Å². The zero-order chi connectivity index (χ0) is 44.2. The van der Waals surface area contributed by atoms with E-state index in [0.717, 1.165) is 138 Å². The van der Waals surface area contributed by atoms with Crippen LogP contribution in [0.15, 0.2) is 109 Å². The van der Waals surface area contributed by atoms with Crippen LogP contribution >= 0.6 is 11.6 Å². The SMILES string of the molecule is CN(C)CCCO.CN(C)CCCOc1nc(CN2CCN(Cc3ccccc3)CC2)nc2ccccc12.Clc1nc(CN2CCN(Cc3ccccc3)CC2)nc2ccccc12. The first-order chi connectivity index (χ1) is 30.7. The lowest BCUT2D eigenvalue weighted by Gasteiger charge is -2.34. The number of hydrogen-bond donors (Lipinski definition) is 1. The third-order valence-electron chi connectivity index (χ3n) is 11.1. The van der Waals surface area contributed by atoms with E-state index in [1.54, 1.807) is 0 Å². The minimum Gasteiger partial charge on any atom is -0.477 e. The number of fused-ring (bicyclic) bond motifs is 2. The fourth-order valence-corrected chi connectivity index (χ4v) is 7.92. The summed E-state index contributed by atoms with van der Waals surface area (Å²) in [6.45, 7) is 14.9. The normalized spacial score (nSPS) is 15.3. The van der Waals surface area contributed by atoms with Gasteiger partial charge in [0, 0.05) is 84.0 Å². The van der Waals surface area contributed by atoms with Crippen molar-refractivity contribution in [1.29, 1.82) is 0 Å². The van der Waals surface area contributed by atoms with E-state index >= 15 is 0 Å². The van der Waals surface area contributed by atoms with E-state index in [0.29, 0.717) is 24.2 Å². The van der Waals surface area contributed by atoms with Crippen molar-refractivity contribution in [1.82, 2.24) is 49.3 Å². The maximum Gasteiger partial charge on any atom is 0.224 e. The molecule has 12 nitrogen and oxygen atoms in total. The van der Waals surface area contributed by atoms with Gasteiger partial charge in [0.15, 0.2) is 0 Å². The molecular formula is C50H67ClN10O2. The Labute approximate surface area is 380 Å². The molecule has 0 spiro atoms. The Morgan fingerprint density at radius 3 is 1.40 bits per heavy atom. The van der Waals surface area contributed by atoms with Crippen LogP contribution in [0.5, 0.6) is 5.88 Å². The molecule has 0 saturated carbocycles. The van der Waals surface area contributed by atoms with Crippen LogP contribution in [-0.2, 0) is 26.2 Å². The molecule has 0 bridgehead atoms.